The number of ether oxygens (including phenoxy) is 3. The van der Waals surface area contributed by atoms with Crippen molar-refractivity contribution in [1.82, 2.24) is 10.6 Å². The quantitative estimate of drug-likeness (QED) is 0.462. The van der Waals surface area contributed by atoms with Crippen LogP contribution in [0.5, 0.6) is 0 Å². The number of rotatable bonds is 9. The summed E-state index contributed by atoms with van der Waals surface area (Å²) in [6, 6.07) is 7.14. The average molecular weight is 422 g/mol. The van der Waals surface area contributed by atoms with Gasteiger partial charge in [-0.1, -0.05) is 30.3 Å². The number of methoxy groups -OCH3 is 1. The predicted octanol–water partition coefficient (Wildman–Crippen LogP) is 2.08. The Morgan fingerprint density at radius 3 is 2.23 bits per heavy atom. The Morgan fingerprint density at radius 2 is 1.67 bits per heavy atom. The second-order valence-electron chi connectivity index (χ2n) is 7.64. The van der Waals surface area contributed by atoms with Crippen molar-refractivity contribution in [3.05, 3.63) is 35.9 Å². The summed E-state index contributed by atoms with van der Waals surface area (Å²) in [4.78, 5) is 48.1. The largest absolute Gasteiger partial charge is 0.467 e. The molecule has 0 aromatic heterocycles. The van der Waals surface area contributed by atoms with Crippen LogP contribution < -0.4 is 10.6 Å². The summed E-state index contributed by atoms with van der Waals surface area (Å²) in [7, 11) is 1.18. The van der Waals surface area contributed by atoms with Gasteiger partial charge in [0.1, 0.15) is 24.3 Å². The Labute approximate surface area is 176 Å². The molecule has 0 fully saturated rings. The van der Waals surface area contributed by atoms with E-state index >= 15 is 0 Å². The molecule has 0 saturated carbocycles. The van der Waals surface area contributed by atoms with Crippen molar-refractivity contribution in [3.63, 3.8) is 0 Å². The lowest BCUT2D eigenvalue weighted by molar-refractivity contribution is -0.148. The SMILES string of the molecule is COC(=O)[C@H](CCC(=O)OCc1ccccc1)NC(=O)[C@H](C)NC(=O)OC(C)(C)C. The van der Waals surface area contributed by atoms with E-state index in [1.807, 2.05) is 30.3 Å². The molecular weight excluding hydrogens is 392 g/mol. The molecule has 0 aliphatic rings. The standard InChI is InChI=1S/C21H30N2O7/c1-14(22-20(27)30-21(2,3)4)18(25)23-16(19(26)28-5)11-12-17(24)29-13-15-9-7-6-8-10-15/h6-10,14,16H,11-13H2,1-5H3,(H,22,27)(H,23,25)/t14-,16-/m0/s1. The highest BCUT2D eigenvalue weighted by molar-refractivity contribution is 5.89. The van der Waals surface area contributed by atoms with Crippen LogP contribution in [0, 0.1) is 0 Å². The van der Waals surface area contributed by atoms with Gasteiger partial charge in [0.05, 0.1) is 7.11 Å². The van der Waals surface area contributed by atoms with Crippen molar-refractivity contribution in [2.45, 2.75) is 64.8 Å². The molecule has 9 nitrogen and oxygen atoms in total. The van der Waals surface area contributed by atoms with Gasteiger partial charge >= 0.3 is 18.0 Å². The minimum Gasteiger partial charge on any atom is -0.467 e. The molecule has 2 amide bonds. The maximum absolute atomic E-state index is 12.3. The first-order valence-corrected chi connectivity index (χ1v) is 9.59. The lowest BCUT2D eigenvalue weighted by Crippen LogP contribution is -2.51. The molecule has 0 spiro atoms. The van der Waals surface area contributed by atoms with Gasteiger partial charge in [-0.05, 0) is 39.7 Å². The smallest absolute Gasteiger partial charge is 0.408 e. The molecule has 2 N–H and O–H groups in total. The first kappa shape index (κ1) is 24.9. The Morgan fingerprint density at radius 1 is 1.03 bits per heavy atom. The van der Waals surface area contributed by atoms with Gasteiger partial charge in [0, 0.05) is 6.42 Å². The van der Waals surface area contributed by atoms with E-state index in [9.17, 15) is 19.2 Å². The number of carbonyl (C=O) groups excluding carboxylic acids is 4. The minimum atomic E-state index is -1.06. The lowest BCUT2D eigenvalue weighted by atomic mass is 10.1. The third-order valence-electron chi connectivity index (χ3n) is 3.81. The summed E-state index contributed by atoms with van der Waals surface area (Å²) in [5.41, 5.74) is 0.125. The van der Waals surface area contributed by atoms with Crippen LogP contribution in [0.15, 0.2) is 30.3 Å². The summed E-state index contributed by atoms with van der Waals surface area (Å²) in [6.45, 7) is 6.65. The maximum Gasteiger partial charge on any atom is 0.408 e. The monoisotopic (exact) mass is 422 g/mol. The van der Waals surface area contributed by atoms with E-state index < -0.39 is 41.6 Å². The highest BCUT2D eigenvalue weighted by Gasteiger charge is 2.27. The molecule has 0 aliphatic heterocycles. The molecule has 2 atom stereocenters. The van der Waals surface area contributed by atoms with E-state index in [0.717, 1.165) is 5.56 Å². The van der Waals surface area contributed by atoms with E-state index in [0.29, 0.717) is 0 Å². The summed E-state index contributed by atoms with van der Waals surface area (Å²) in [5.74, 6) is -1.83. The van der Waals surface area contributed by atoms with Crippen molar-refractivity contribution in [2.75, 3.05) is 7.11 Å². The molecule has 0 unspecified atom stereocenters. The van der Waals surface area contributed by atoms with Gasteiger partial charge in [0.25, 0.3) is 0 Å². The average Bonchev–Trinajstić information content (AvgIpc) is 2.67. The molecule has 1 aromatic rings. The zero-order chi connectivity index (χ0) is 22.7. The summed E-state index contributed by atoms with van der Waals surface area (Å²) >= 11 is 0. The zero-order valence-electron chi connectivity index (χ0n) is 18.0. The van der Waals surface area contributed by atoms with Crippen LogP contribution in [0.1, 0.15) is 46.1 Å². The molecule has 0 heterocycles. The number of esters is 2. The highest BCUT2D eigenvalue weighted by atomic mass is 16.6. The third-order valence-corrected chi connectivity index (χ3v) is 3.81. The Balaban J connectivity index is 2.54. The number of benzene rings is 1. The Hall–Kier alpha value is -3.10. The molecule has 0 aliphatic carbocycles. The molecule has 0 bridgehead atoms. The second kappa shape index (κ2) is 11.8. The minimum absolute atomic E-state index is 0.00874. The van der Waals surface area contributed by atoms with Gasteiger partial charge in [0.15, 0.2) is 0 Å². The van der Waals surface area contributed by atoms with Crippen LogP contribution in [0.3, 0.4) is 0 Å². The van der Waals surface area contributed by atoms with Crippen LogP contribution in [0.2, 0.25) is 0 Å². The fraction of sp³-hybridized carbons (Fsp3) is 0.524. The molecule has 1 rings (SSSR count). The van der Waals surface area contributed by atoms with Gasteiger partial charge in [-0.15, -0.1) is 0 Å². The third kappa shape index (κ3) is 9.90. The van der Waals surface area contributed by atoms with Gasteiger partial charge in [-0.2, -0.15) is 0 Å². The van der Waals surface area contributed by atoms with Crippen molar-refractivity contribution in [1.29, 1.82) is 0 Å². The number of carbonyl (C=O) groups is 4. The molecular formula is C21H30N2O7. The zero-order valence-corrected chi connectivity index (χ0v) is 18.0. The fourth-order valence-electron chi connectivity index (χ4n) is 2.31. The van der Waals surface area contributed by atoms with Crippen LogP contribution in [-0.4, -0.2) is 48.7 Å². The molecule has 0 saturated heterocycles. The summed E-state index contributed by atoms with van der Waals surface area (Å²) in [5, 5.41) is 4.86. The maximum atomic E-state index is 12.3. The highest BCUT2D eigenvalue weighted by Crippen LogP contribution is 2.08. The Bertz CT molecular complexity index is 729. The fourth-order valence-corrected chi connectivity index (χ4v) is 2.31. The second-order valence-corrected chi connectivity index (χ2v) is 7.64. The van der Waals surface area contributed by atoms with Gasteiger partial charge in [-0.3, -0.25) is 9.59 Å². The number of amides is 2. The first-order valence-electron chi connectivity index (χ1n) is 9.59. The van der Waals surface area contributed by atoms with Gasteiger partial charge in [0.2, 0.25) is 5.91 Å². The molecule has 9 heteroatoms. The molecule has 30 heavy (non-hydrogen) atoms. The summed E-state index contributed by atoms with van der Waals surface area (Å²) in [6.07, 6.45) is -0.865. The van der Waals surface area contributed by atoms with Crippen LogP contribution in [0.4, 0.5) is 4.79 Å². The van der Waals surface area contributed by atoms with Crippen molar-refractivity contribution in [3.8, 4) is 0 Å². The van der Waals surface area contributed by atoms with E-state index in [1.54, 1.807) is 20.8 Å². The topological polar surface area (TPSA) is 120 Å². The lowest BCUT2D eigenvalue weighted by Gasteiger charge is -2.23. The van der Waals surface area contributed by atoms with Gasteiger partial charge in [-0.25, -0.2) is 9.59 Å². The van der Waals surface area contributed by atoms with E-state index in [4.69, 9.17) is 9.47 Å². The van der Waals surface area contributed by atoms with Crippen molar-refractivity contribution >= 4 is 23.9 Å². The van der Waals surface area contributed by atoms with Crippen LogP contribution >= 0.6 is 0 Å². The number of hydrogen-bond donors (Lipinski definition) is 2. The number of alkyl carbamates (subject to hydrolysis) is 1. The van der Waals surface area contributed by atoms with Crippen LogP contribution in [-0.2, 0) is 35.2 Å². The number of hydrogen-bond acceptors (Lipinski definition) is 7. The van der Waals surface area contributed by atoms with E-state index in [2.05, 4.69) is 15.4 Å². The van der Waals surface area contributed by atoms with E-state index in [1.165, 1.54) is 14.0 Å². The van der Waals surface area contributed by atoms with Crippen LogP contribution in [0.25, 0.3) is 0 Å². The van der Waals surface area contributed by atoms with Crippen molar-refractivity contribution < 1.29 is 33.4 Å². The normalized spacial score (nSPS) is 12.8. The molecule has 1 aromatic carbocycles. The predicted molar refractivity (Wildman–Crippen MR) is 108 cm³/mol. The molecule has 0 radical (unpaired) electrons. The first-order chi connectivity index (χ1) is 14.0. The molecule has 166 valence electrons. The van der Waals surface area contributed by atoms with Gasteiger partial charge < -0.3 is 24.8 Å². The van der Waals surface area contributed by atoms with E-state index in [-0.39, 0.29) is 19.4 Å². The summed E-state index contributed by atoms with van der Waals surface area (Å²) < 4.78 is 14.9. The Kier molecular flexibility index (Phi) is 9.80. The van der Waals surface area contributed by atoms with Crippen molar-refractivity contribution in [2.24, 2.45) is 0 Å². The number of nitrogens with one attached hydrogen (secondary N) is 2.